The Bertz CT molecular complexity index is 1910. The molecule has 3 aromatic rings. The van der Waals surface area contributed by atoms with Crippen molar-refractivity contribution in [3.05, 3.63) is 41.8 Å². The molecule has 14 heteroatoms. The number of allylic oxidation sites excluding steroid dienone is 1. The summed E-state index contributed by atoms with van der Waals surface area (Å²) in [7, 11) is 1.57. The molecule has 4 N–H and O–H groups in total. The number of hydrogen-bond acceptors (Lipinski definition) is 10. The van der Waals surface area contributed by atoms with Crippen LogP contribution in [-0.4, -0.2) is 87.1 Å². The molecule has 3 amide bonds. The molecule has 2 fully saturated rings. The topological polar surface area (TPSA) is 172 Å². The van der Waals surface area contributed by atoms with Crippen molar-refractivity contribution >= 4 is 51.1 Å². The summed E-state index contributed by atoms with van der Waals surface area (Å²) in [4.78, 5) is 64.0. The third-order valence-corrected chi connectivity index (χ3v) is 11.5. The summed E-state index contributed by atoms with van der Waals surface area (Å²) in [6.45, 7) is 9.98. The average Bonchev–Trinajstić information content (AvgIpc) is 3.38. The monoisotopic (exact) mass is 746 g/mol. The van der Waals surface area contributed by atoms with E-state index in [0.29, 0.717) is 51.8 Å². The lowest BCUT2D eigenvalue weighted by Crippen LogP contribution is -2.57. The van der Waals surface area contributed by atoms with Crippen LogP contribution >= 0.6 is 11.3 Å². The van der Waals surface area contributed by atoms with E-state index in [4.69, 9.17) is 14.5 Å². The molecule has 6 rings (SSSR count). The third-order valence-electron chi connectivity index (χ3n) is 10.7. The van der Waals surface area contributed by atoms with Crippen molar-refractivity contribution in [1.82, 2.24) is 25.5 Å². The van der Waals surface area contributed by atoms with Crippen LogP contribution in [0.5, 0.6) is 11.5 Å². The second kappa shape index (κ2) is 15.4. The molecule has 3 aliphatic rings. The summed E-state index contributed by atoms with van der Waals surface area (Å²) in [6.07, 6.45) is 7.89. The number of carboxylic acids is 1. The van der Waals surface area contributed by atoms with Gasteiger partial charge in [-0.25, -0.2) is 14.8 Å². The average molecular weight is 747 g/mol. The number of fused-ring (bicyclic) bond motifs is 3. The van der Waals surface area contributed by atoms with Crippen LogP contribution in [0.2, 0.25) is 0 Å². The first-order valence-corrected chi connectivity index (χ1v) is 19.2. The number of anilines is 1. The molecule has 53 heavy (non-hydrogen) atoms. The highest BCUT2D eigenvalue weighted by Crippen LogP contribution is 2.45. The number of hydrogen-bond donors (Lipinski definition) is 4. The smallest absolute Gasteiger partial charge is 0.330 e. The lowest BCUT2D eigenvalue weighted by molar-refractivity contribution is -0.145. The van der Waals surface area contributed by atoms with Crippen LogP contribution in [0, 0.1) is 11.3 Å². The molecule has 0 bridgehead atoms. The number of amides is 3. The number of pyridine rings is 1. The lowest BCUT2D eigenvalue weighted by Gasteiger charge is -2.35. The molecule has 2 aliphatic heterocycles. The zero-order valence-corrected chi connectivity index (χ0v) is 32.0. The van der Waals surface area contributed by atoms with Crippen LogP contribution in [-0.2, 0) is 19.2 Å². The number of aromatic nitrogens is 2. The summed E-state index contributed by atoms with van der Waals surface area (Å²) in [5.41, 5.74) is 0.110. The van der Waals surface area contributed by atoms with E-state index in [1.165, 1.54) is 18.3 Å². The Morgan fingerprint density at radius 1 is 1.13 bits per heavy atom. The van der Waals surface area contributed by atoms with Gasteiger partial charge in [-0.1, -0.05) is 45.8 Å². The maximum absolute atomic E-state index is 14.6. The van der Waals surface area contributed by atoms with Gasteiger partial charge in [-0.05, 0) is 50.2 Å². The van der Waals surface area contributed by atoms with Crippen molar-refractivity contribution < 1.29 is 33.8 Å². The van der Waals surface area contributed by atoms with Gasteiger partial charge in [0.15, 0.2) is 5.13 Å². The molecule has 1 saturated carbocycles. The largest absolute Gasteiger partial charge is 0.497 e. The van der Waals surface area contributed by atoms with Gasteiger partial charge in [0, 0.05) is 48.2 Å². The summed E-state index contributed by atoms with van der Waals surface area (Å²) in [5.74, 6) is -1.25. The Morgan fingerprint density at radius 2 is 1.92 bits per heavy atom. The first-order chi connectivity index (χ1) is 25.2. The van der Waals surface area contributed by atoms with Crippen LogP contribution < -0.4 is 25.4 Å². The Balaban J connectivity index is 1.35. The van der Waals surface area contributed by atoms with Crippen molar-refractivity contribution in [1.29, 1.82) is 0 Å². The van der Waals surface area contributed by atoms with E-state index in [1.807, 2.05) is 24.3 Å². The minimum Gasteiger partial charge on any atom is -0.497 e. The molecule has 0 spiro atoms. The van der Waals surface area contributed by atoms with E-state index in [2.05, 4.69) is 48.6 Å². The van der Waals surface area contributed by atoms with E-state index < -0.39 is 35.6 Å². The van der Waals surface area contributed by atoms with E-state index >= 15 is 0 Å². The predicted octanol–water partition coefficient (Wildman–Crippen LogP) is 5.55. The van der Waals surface area contributed by atoms with Crippen molar-refractivity contribution in [2.75, 3.05) is 19.0 Å². The summed E-state index contributed by atoms with van der Waals surface area (Å²) in [6, 6.07) is 5.74. The zero-order valence-electron chi connectivity index (χ0n) is 31.2. The first kappa shape index (κ1) is 38.2. The van der Waals surface area contributed by atoms with Crippen molar-refractivity contribution in [2.45, 2.75) is 109 Å². The summed E-state index contributed by atoms with van der Waals surface area (Å²) >= 11 is 1.27. The van der Waals surface area contributed by atoms with Crippen LogP contribution in [0.1, 0.15) is 79.6 Å². The molecule has 1 aliphatic carbocycles. The fraction of sp³-hybridized carbons (Fsp3) is 0.538. The maximum Gasteiger partial charge on any atom is 0.330 e. The summed E-state index contributed by atoms with van der Waals surface area (Å²) < 4.78 is 12.2. The molecule has 1 saturated heterocycles. The van der Waals surface area contributed by atoms with Gasteiger partial charge in [-0.3, -0.25) is 14.4 Å². The number of carboxylic acid groups (broad SMARTS) is 1. The van der Waals surface area contributed by atoms with Gasteiger partial charge < -0.3 is 35.4 Å². The van der Waals surface area contributed by atoms with Gasteiger partial charge in [-0.2, -0.15) is 0 Å². The lowest BCUT2D eigenvalue weighted by atomic mass is 9.87. The molecular formula is C39H50N6O7S. The number of methoxy groups -OCH3 is 1. The standard InChI is InChI=1S/C39H50N6O7S/c1-22(38(3,4)5)40-28-13-11-9-7-8-10-12-24-19-39(24,36(49)50)44-34(47)32-17-26(20-45(32)35(28)48)52-33-18-30(31-21-53-37(43-31)41-23(2)46)42-29-16-25(51-6)14-15-27(29)33/h10,12,14-16,18,21-22,24,26,28,32,40H,7-9,11,13,17,19-20H2,1-6H3,(H,44,47)(H,49,50)(H,41,43,46)/b12-10+/t22-,24?,26?,28?,32?,39?/m1/s1. The normalized spacial score (nSPS) is 26.3. The van der Waals surface area contributed by atoms with Gasteiger partial charge in [0.25, 0.3) is 0 Å². The zero-order chi connectivity index (χ0) is 38.1. The fourth-order valence-corrected chi connectivity index (χ4v) is 7.78. The quantitative estimate of drug-likeness (QED) is 0.214. The Labute approximate surface area is 313 Å². The van der Waals surface area contributed by atoms with Gasteiger partial charge in [-0.15, -0.1) is 11.3 Å². The third kappa shape index (κ3) is 8.49. The van der Waals surface area contributed by atoms with E-state index in [0.717, 1.165) is 25.7 Å². The molecule has 6 atom stereocenters. The van der Waals surface area contributed by atoms with Crippen LogP contribution in [0.3, 0.4) is 0 Å². The molecule has 284 valence electrons. The number of carbonyl (C=O) groups excluding carboxylic acids is 3. The van der Waals surface area contributed by atoms with E-state index in [-0.39, 0.29) is 42.2 Å². The van der Waals surface area contributed by atoms with Crippen LogP contribution in [0.4, 0.5) is 5.13 Å². The first-order valence-electron chi connectivity index (χ1n) is 18.4. The number of nitrogens with zero attached hydrogens (tertiary/aromatic N) is 3. The number of thiazole rings is 1. The Hall–Kier alpha value is -4.56. The second-order valence-corrected chi connectivity index (χ2v) is 16.4. The van der Waals surface area contributed by atoms with Crippen LogP contribution in [0.25, 0.3) is 22.3 Å². The number of ether oxygens (including phenoxy) is 2. The number of carbonyl (C=O) groups is 4. The molecule has 4 heterocycles. The van der Waals surface area contributed by atoms with Gasteiger partial charge in [0.1, 0.15) is 34.9 Å². The molecule has 0 radical (unpaired) electrons. The highest BCUT2D eigenvalue weighted by Gasteiger charge is 2.61. The molecular weight excluding hydrogens is 697 g/mol. The number of aliphatic carboxylic acids is 1. The Morgan fingerprint density at radius 3 is 2.64 bits per heavy atom. The van der Waals surface area contributed by atoms with Crippen molar-refractivity contribution in [2.24, 2.45) is 11.3 Å². The van der Waals surface area contributed by atoms with Gasteiger partial charge in [0.05, 0.1) is 30.9 Å². The number of benzene rings is 1. The van der Waals surface area contributed by atoms with E-state index in [9.17, 15) is 24.3 Å². The van der Waals surface area contributed by atoms with E-state index in [1.54, 1.807) is 29.5 Å². The number of rotatable bonds is 8. The number of nitrogens with one attached hydrogen (secondary N) is 3. The molecule has 1 aromatic carbocycles. The SMILES string of the molecule is COc1ccc2c(OC3CC4C(=O)NC5(C(=O)O)CC5/C=C/CCCCCC(N[C@H](C)C(C)(C)C)C(=O)N4C3)cc(-c3csc(NC(C)=O)n3)nc2c1. The van der Waals surface area contributed by atoms with Gasteiger partial charge >= 0.3 is 5.97 Å². The Kier molecular flexibility index (Phi) is 11.1. The highest BCUT2D eigenvalue weighted by atomic mass is 32.1. The second-order valence-electron chi connectivity index (χ2n) is 15.5. The maximum atomic E-state index is 14.6. The fourth-order valence-electron chi connectivity index (χ4n) is 7.03. The minimum atomic E-state index is -1.40. The molecule has 13 nitrogen and oxygen atoms in total. The van der Waals surface area contributed by atoms with Crippen molar-refractivity contribution in [3.8, 4) is 22.9 Å². The predicted molar refractivity (Wildman–Crippen MR) is 203 cm³/mol. The minimum absolute atomic E-state index is 0.00127. The molecule has 2 aromatic heterocycles. The van der Waals surface area contributed by atoms with Gasteiger partial charge in [0.2, 0.25) is 17.7 Å². The summed E-state index contributed by atoms with van der Waals surface area (Å²) in [5, 5.41) is 22.3. The van der Waals surface area contributed by atoms with Crippen molar-refractivity contribution in [3.63, 3.8) is 0 Å². The molecule has 5 unspecified atom stereocenters. The van der Waals surface area contributed by atoms with Crippen LogP contribution in [0.15, 0.2) is 41.8 Å². The highest BCUT2D eigenvalue weighted by molar-refractivity contribution is 7.14.